The average molecular weight is 427 g/mol. The number of nitrogens with one attached hydrogen (secondary N) is 2. The Labute approximate surface area is 180 Å². The third kappa shape index (κ3) is 2.60. The Morgan fingerprint density at radius 3 is 2.59 bits per heavy atom. The highest BCUT2D eigenvalue weighted by Crippen LogP contribution is 2.47. The van der Waals surface area contributed by atoms with Gasteiger partial charge < -0.3 is 10.3 Å². The van der Waals surface area contributed by atoms with Crippen molar-refractivity contribution in [3.05, 3.63) is 84.5 Å². The Balaban J connectivity index is 1.49. The van der Waals surface area contributed by atoms with Crippen LogP contribution in [0.25, 0.3) is 33.4 Å². The van der Waals surface area contributed by atoms with E-state index in [1.165, 1.54) is 24.7 Å². The van der Waals surface area contributed by atoms with E-state index in [0.717, 1.165) is 5.56 Å². The summed E-state index contributed by atoms with van der Waals surface area (Å²) in [6.45, 7) is 1.82. The Morgan fingerprint density at radius 2 is 1.78 bits per heavy atom. The Hall–Kier alpha value is -4.27. The highest BCUT2D eigenvalue weighted by atomic mass is 19.1. The molecule has 4 aromatic heterocycles. The molecule has 0 saturated heterocycles. The summed E-state index contributed by atoms with van der Waals surface area (Å²) >= 11 is 0. The van der Waals surface area contributed by atoms with Crippen molar-refractivity contribution in [2.75, 3.05) is 5.32 Å². The van der Waals surface area contributed by atoms with Gasteiger partial charge in [-0.05, 0) is 30.7 Å². The van der Waals surface area contributed by atoms with Crippen LogP contribution in [0.3, 0.4) is 0 Å². The van der Waals surface area contributed by atoms with Gasteiger partial charge in [0, 0.05) is 41.5 Å². The fourth-order valence-corrected chi connectivity index (χ4v) is 4.14. The second-order valence-corrected chi connectivity index (χ2v) is 7.74. The minimum absolute atomic E-state index is 0.312. The summed E-state index contributed by atoms with van der Waals surface area (Å²) in [5, 5.41) is 3.20. The molecule has 1 aliphatic rings. The smallest absolute Gasteiger partial charge is 0.178 e. The molecular formula is C23H15F2N7. The van der Waals surface area contributed by atoms with E-state index in [9.17, 15) is 4.39 Å². The SMILES string of the molecule is CC1(c2nc3nccc(-c4cccc(F)c4)c3[nH]2)Nc2ncc(-c3cncnc3)c(F)c21. The molecule has 0 saturated carbocycles. The highest BCUT2D eigenvalue weighted by Gasteiger charge is 2.47. The lowest BCUT2D eigenvalue weighted by Gasteiger charge is -2.40. The second kappa shape index (κ2) is 6.61. The summed E-state index contributed by atoms with van der Waals surface area (Å²) in [6, 6.07) is 8.09. The van der Waals surface area contributed by atoms with Gasteiger partial charge in [-0.25, -0.2) is 33.7 Å². The zero-order chi connectivity index (χ0) is 21.9. The van der Waals surface area contributed by atoms with Crippen molar-refractivity contribution >= 4 is 17.0 Å². The van der Waals surface area contributed by atoms with Crippen molar-refractivity contribution < 1.29 is 8.78 Å². The second-order valence-electron chi connectivity index (χ2n) is 7.74. The van der Waals surface area contributed by atoms with Crippen LogP contribution in [0, 0.1) is 11.6 Å². The monoisotopic (exact) mass is 427 g/mol. The van der Waals surface area contributed by atoms with Crippen LogP contribution in [0.2, 0.25) is 0 Å². The first-order valence-corrected chi connectivity index (χ1v) is 9.88. The van der Waals surface area contributed by atoms with Crippen molar-refractivity contribution in [2.45, 2.75) is 12.5 Å². The Morgan fingerprint density at radius 1 is 0.938 bits per heavy atom. The van der Waals surface area contributed by atoms with Crippen LogP contribution in [0.4, 0.5) is 14.6 Å². The van der Waals surface area contributed by atoms with Crippen LogP contribution in [0.5, 0.6) is 0 Å². The molecule has 1 aliphatic heterocycles. The lowest BCUT2D eigenvalue weighted by molar-refractivity contribution is 0.504. The standard InChI is InChI=1S/C23H15F2N7/c1-23(17-18(25)16(10-29-20(17)32-23)13-8-26-11-27-9-13)22-30-19-15(5-6-28-21(19)31-22)12-3-2-4-14(24)7-12/h2-11H,1H3,(H,29,32)(H,28,30,31). The van der Waals surface area contributed by atoms with E-state index in [1.54, 1.807) is 30.7 Å². The van der Waals surface area contributed by atoms with Crippen molar-refractivity contribution in [1.82, 2.24) is 29.9 Å². The maximum Gasteiger partial charge on any atom is 0.178 e. The molecule has 7 nitrogen and oxygen atoms in total. The number of aromatic amines is 1. The van der Waals surface area contributed by atoms with Crippen molar-refractivity contribution in [1.29, 1.82) is 0 Å². The van der Waals surface area contributed by atoms with Gasteiger partial charge in [-0.1, -0.05) is 12.1 Å². The number of hydrogen-bond donors (Lipinski definition) is 2. The molecule has 0 aliphatic carbocycles. The average Bonchev–Trinajstić information content (AvgIpc) is 3.23. The van der Waals surface area contributed by atoms with E-state index in [2.05, 4.69) is 35.2 Å². The van der Waals surface area contributed by atoms with Gasteiger partial charge in [0.2, 0.25) is 0 Å². The first-order chi connectivity index (χ1) is 15.5. The van der Waals surface area contributed by atoms with E-state index in [4.69, 9.17) is 0 Å². The number of H-pyrrole nitrogens is 1. The summed E-state index contributed by atoms with van der Waals surface area (Å²) in [5.74, 6) is 0.187. The molecule has 156 valence electrons. The number of fused-ring (bicyclic) bond motifs is 2. The van der Waals surface area contributed by atoms with Crippen LogP contribution in [0.1, 0.15) is 18.3 Å². The summed E-state index contributed by atoms with van der Waals surface area (Å²) in [5.41, 5.74) is 2.85. The lowest BCUT2D eigenvalue weighted by atomic mass is 9.83. The molecule has 0 fully saturated rings. The lowest BCUT2D eigenvalue weighted by Crippen LogP contribution is -2.45. The predicted molar refractivity (Wildman–Crippen MR) is 115 cm³/mol. The predicted octanol–water partition coefficient (Wildman–Crippen LogP) is 4.44. The third-order valence-corrected chi connectivity index (χ3v) is 5.76. The number of rotatable bonds is 3. The van der Waals surface area contributed by atoms with E-state index in [0.29, 0.717) is 45.1 Å². The summed E-state index contributed by atoms with van der Waals surface area (Å²) in [7, 11) is 0. The molecule has 1 aromatic carbocycles. The van der Waals surface area contributed by atoms with Crippen molar-refractivity contribution in [2.24, 2.45) is 0 Å². The molecule has 0 radical (unpaired) electrons. The molecule has 0 amide bonds. The Bertz CT molecular complexity index is 1500. The Kier molecular flexibility index (Phi) is 3.82. The van der Waals surface area contributed by atoms with E-state index < -0.39 is 11.4 Å². The molecule has 32 heavy (non-hydrogen) atoms. The molecule has 1 unspecified atom stereocenters. The van der Waals surface area contributed by atoms with Crippen LogP contribution < -0.4 is 5.32 Å². The zero-order valence-electron chi connectivity index (χ0n) is 16.8. The van der Waals surface area contributed by atoms with Crippen molar-refractivity contribution in [3.63, 3.8) is 0 Å². The number of nitrogens with zero attached hydrogens (tertiary/aromatic N) is 5. The van der Waals surface area contributed by atoms with Gasteiger partial charge in [-0.15, -0.1) is 0 Å². The van der Waals surface area contributed by atoms with Gasteiger partial charge in [0.15, 0.2) is 5.65 Å². The highest BCUT2D eigenvalue weighted by molar-refractivity contribution is 5.90. The molecule has 5 aromatic rings. The largest absolute Gasteiger partial charge is 0.353 e. The van der Waals surface area contributed by atoms with Crippen LogP contribution >= 0.6 is 0 Å². The third-order valence-electron chi connectivity index (χ3n) is 5.76. The fraction of sp³-hybridized carbons (Fsp3) is 0.0870. The van der Waals surface area contributed by atoms with Crippen LogP contribution in [-0.2, 0) is 5.54 Å². The molecule has 0 spiro atoms. The number of pyridine rings is 2. The molecule has 5 heterocycles. The number of anilines is 1. The summed E-state index contributed by atoms with van der Waals surface area (Å²) in [6.07, 6.45) is 7.55. The molecule has 9 heteroatoms. The van der Waals surface area contributed by atoms with E-state index in [1.807, 2.05) is 13.0 Å². The van der Waals surface area contributed by atoms with Gasteiger partial charge in [0.05, 0.1) is 11.1 Å². The number of hydrogen-bond acceptors (Lipinski definition) is 6. The normalized spacial score (nSPS) is 17.0. The summed E-state index contributed by atoms with van der Waals surface area (Å²) < 4.78 is 29.4. The molecule has 2 N–H and O–H groups in total. The van der Waals surface area contributed by atoms with E-state index in [-0.39, 0.29) is 5.82 Å². The number of halogens is 2. The molecule has 0 bridgehead atoms. The molecule has 1 atom stereocenters. The molecule has 6 rings (SSSR count). The quantitative estimate of drug-likeness (QED) is 0.442. The van der Waals surface area contributed by atoms with Crippen molar-refractivity contribution in [3.8, 4) is 22.3 Å². The van der Waals surface area contributed by atoms with Gasteiger partial charge in [0.1, 0.15) is 35.1 Å². The topological polar surface area (TPSA) is 92.3 Å². The maximum atomic E-state index is 15.6. The van der Waals surface area contributed by atoms with Gasteiger partial charge in [0.25, 0.3) is 0 Å². The maximum absolute atomic E-state index is 15.6. The van der Waals surface area contributed by atoms with Gasteiger partial charge in [-0.3, -0.25) is 0 Å². The van der Waals surface area contributed by atoms with Crippen LogP contribution in [0.15, 0.2) is 61.4 Å². The zero-order valence-corrected chi connectivity index (χ0v) is 16.8. The first-order valence-electron chi connectivity index (χ1n) is 9.88. The number of imidazole rings is 1. The first kappa shape index (κ1) is 18.5. The summed E-state index contributed by atoms with van der Waals surface area (Å²) in [4.78, 5) is 24.5. The fourth-order valence-electron chi connectivity index (χ4n) is 4.14. The number of aromatic nitrogens is 6. The minimum atomic E-state index is -0.946. The minimum Gasteiger partial charge on any atom is -0.353 e. The molecular weight excluding hydrogens is 412 g/mol. The van der Waals surface area contributed by atoms with Gasteiger partial charge in [-0.2, -0.15) is 0 Å². The van der Waals surface area contributed by atoms with E-state index >= 15 is 4.39 Å². The van der Waals surface area contributed by atoms with Gasteiger partial charge >= 0.3 is 0 Å². The van der Waals surface area contributed by atoms with Crippen LogP contribution in [-0.4, -0.2) is 29.9 Å². The number of benzene rings is 1.